The van der Waals surface area contributed by atoms with Crippen LogP contribution in [0.2, 0.25) is 0 Å². The maximum atomic E-state index is 11.7. The van der Waals surface area contributed by atoms with E-state index < -0.39 is 12.0 Å². The molecule has 0 spiro atoms. The van der Waals surface area contributed by atoms with Crippen LogP contribution in [0.1, 0.15) is 17.2 Å². The van der Waals surface area contributed by atoms with Crippen LogP contribution in [0.3, 0.4) is 0 Å². The van der Waals surface area contributed by atoms with Gasteiger partial charge in [0.1, 0.15) is 6.04 Å². The second kappa shape index (κ2) is 6.07. The molecular formula is C17H17NO4. The van der Waals surface area contributed by atoms with Crippen LogP contribution in [0, 0.1) is 0 Å². The van der Waals surface area contributed by atoms with Crippen molar-refractivity contribution in [2.24, 2.45) is 0 Å². The van der Waals surface area contributed by atoms with Gasteiger partial charge in [-0.2, -0.15) is 0 Å². The minimum Gasteiger partial charge on any atom is -0.480 e. The fourth-order valence-electron chi connectivity index (χ4n) is 2.63. The molecule has 0 saturated carbocycles. The normalized spacial score (nSPS) is 14.1. The number of ether oxygens (including phenoxy) is 2. The number of rotatable bonds is 5. The van der Waals surface area contributed by atoms with Crippen molar-refractivity contribution in [2.45, 2.75) is 12.6 Å². The van der Waals surface area contributed by atoms with E-state index in [0.29, 0.717) is 23.6 Å². The number of hydrogen-bond acceptors (Lipinski definition) is 4. The van der Waals surface area contributed by atoms with Crippen molar-refractivity contribution in [3.63, 3.8) is 0 Å². The van der Waals surface area contributed by atoms with Crippen molar-refractivity contribution >= 4 is 5.97 Å². The zero-order chi connectivity index (χ0) is 15.5. The van der Waals surface area contributed by atoms with Crippen molar-refractivity contribution in [2.75, 3.05) is 13.8 Å². The number of fused-ring (bicyclic) bond motifs is 1. The average molecular weight is 299 g/mol. The van der Waals surface area contributed by atoms with Crippen LogP contribution in [0.5, 0.6) is 11.5 Å². The number of aliphatic carboxylic acids is 1. The fourth-order valence-corrected chi connectivity index (χ4v) is 2.63. The van der Waals surface area contributed by atoms with Gasteiger partial charge in [0.25, 0.3) is 0 Å². The lowest BCUT2D eigenvalue weighted by Crippen LogP contribution is -2.30. The molecule has 114 valence electrons. The highest BCUT2D eigenvalue weighted by Gasteiger charge is 2.27. The number of likely N-dealkylation sites (N-methyl/N-ethyl adjacent to an activating group) is 1. The maximum absolute atomic E-state index is 11.7. The zero-order valence-electron chi connectivity index (χ0n) is 12.2. The second-order valence-corrected chi connectivity index (χ2v) is 5.25. The van der Waals surface area contributed by atoms with E-state index >= 15 is 0 Å². The molecule has 5 nitrogen and oxygen atoms in total. The van der Waals surface area contributed by atoms with Crippen LogP contribution in [0.15, 0.2) is 48.5 Å². The van der Waals surface area contributed by atoms with Crippen molar-refractivity contribution in [1.82, 2.24) is 4.90 Å². The summed E-state index contributed by atoms with van der Waals surface area (Å²) in [6, 6.07) is 14.3. The van der Waals surface area contributed by atoms with Gasteiger partial charge in [-0.05, 0) is 30.3 Å². The SMILES string of the molecule is CN(Cc1ccccc1)C(C(=O)O)c1ccc2c(c1)OCO2. The summed E-state index contributed by atoms with van der Waals surface area (Å²) in [4.78, 5) is 13.5. The van der Waals surface area contributed by atoms with Crippen molar-refractivity contribution < 1.29 is 19.4 Å². The Balaban J connectivity index is 1.84. The van der Waals surface area contributed by atoms with Gasteiger partial charge in [-0.25, -0.2) is 0 Å². The van der Waals surface area contributed by atoms with Crippen LogP contribution in [0.4, 0.5) is 0 Å². The van der Waals surface area contributed by atoms with Crippen LogP contribution in [0.25, 0.3) is 0 Å². The van der Waals surface area contributed by atoms with E-state index in [4.69, 9.17) is 9.47 Å². The Morgan fingerprint density at radius 2 is 1.91 bits per heavy atom. The second-order valence-electron chi connectivity index (χ2n) is 5.25. The molecule has 3 rings (SSSR count). The lowest BCUT2D eigenvalue weighted by atomic mass is 10.0. The summed E-state index contributed by atoms with van der Waals surface area (Å²) in [7, 11) is 1.80. The number of carboxylic acids is 1. The number of nitrogens with zero attached hydrogens (tertiary/aromatic N) is 1. The molecule has 0 fully saturated rings. The summed E-state index contributed by atoms with van der Waals surface area (Å²) >= 11 is 0. The average Bonchev–Trinajstić information content (AvgIpc) is 2.95. The lowest BCUT2D eigenvalue weighted by Gasteiger charge is -2.25. The van der Waals surface area contributed by atoms with E-state index in [1.807, 2.05) is 30.3 Å². The number of hydrogen-bond donors (Lipinski definition) is 1. The summed E-state index contributed by atoms with van der Waals surface area (Å²) in [6.45, 7) is 0.725. The van der Waals surface area contributed by atoms with Gasteiger partial charge in [0.2, 0.25) is 6.79 Å². The van der Waals surface area contributed by atoms with Gasteiger partial charge in [-0.3, -0.25) is 9.69 Å². The minimum atomic E-state index is -0.891. The molecule has 0 bridgehead atoms. The third kappa shape index (κ3) is 2.89. The molecule has 22 heavy (non-hydrogen) atoms. The predicted octanol–water partition coefficient (Wildman–Crippen LogP) is 2.67. The first-order chi connectivity index (χ1) is 10.6. The summed E-state index contributed by atoms with van der Waals surface area (Å²) in [5.41, 5.74) is 1.74. The molecule has 0 aromatic heterocycles. The van der Waals surface area contributed by atoms with E-state index in [0.717, 1.165) is 5.56 Å². The molecule has 1 heterocycles. The Labute approximate surface area is 128 Å². The third-order valence-electron chi connectivity index (χ3n) is 3.66. The van der Waals surface area contributed by atoms with E-state index in [1.54, 1.807) is 30.1 Å². The molecule has 1 N–H and O–H groups in total. The molecular weight excluding hydrogens is 282 g/mol. The molecule has 0 radical (unpaired) electrons. The van der Waals surface area contributed by atoms with Gasteiger partial charge in [-0.1, -0.05) is 36.4 Å². The smallest absolute Gasteiger partial charge is 0.325 e. The quantitative estimate of drug-likeness (QED) is 0.920. The molecule has 0 amide bonds. The molecule has 2 aromatic rings. The first kappa shape index (κ1) is 14.4. The van der Waals surface area contributed by atoms with Gasteiger partial charge in [-0.15, -0.1) is 0 Å². The molecule has 1 unspecified atom stereocenters. The van der Waals surface area contributed by atoms with E-state index in [-0.39, 0.29) is 6.79 Å². The Morgan fingerprint density at radius 3 is 2.64 bits per heavy atom. The molecule has 2 aromatic carbocycles. The topological polar surface area (TPSA) is 59.0 Å². The van der Waals surface area contributed by atoms with E-state index in [2.05, 4.69) is 0 Å². The van der Waals surface area contributed by atoms with Crippen LogP contribution >= 0.6 is 0 Å². The first-order valence-electron chi connectivity index (χ1n) is 7.01. The Hall–Kier alpha value is -2.53. The van der Waals surface area contributed by atoms with Crippen LogP contribution in [-0.2, 0) is 11.3 Å². The van der Waals surface area contributed by atoms with Gasteiger partial charge in [0.05, 0.1) is 0 Å². The highest BCUT2D eigenvalue weighted by molar-refractivity contribution is 5.76. The number of benzene rings is 2. The molecule has 5 heteroatoms. The Bertz CT molecular complexity index is 672. The number of carbonyl (C=O) groups is 1. The standard InChI is InChI=1S/C17H17NO4/c1-18(10-12-5-3-2-4-6-12)16(17(19)20)13-7-8-14-15(9-13)22-11-21-14/h2-9,16H,10-11H2,1H3,(H,19,20). The summed E-state index contributed by atoms with van der Waals surface area (Å²) < 4.78 is 10.6. The molecule has 1 atom stereocenters. The van der Waals surface area contributed by atoms with E-state index in [1.165, 1.54) is 0 Å². The van der Waals surface area contributed by atoms with Gasteiger partial charge >= 0.3 is 5.97 Å². The van der Waals surface area contributed by atoms with Crippen molar-refractivity contribution in [3.05, 3.63) is 59.7 Å². The highest BCUT2D eigenvalue weighted by atomic mass is 16.7. The summed E-state index contributed by atoms with van der Waals surface area (Å²) in [6.07, 6.45) is 0. The first-order valence-corrected chi connectivity index (χ1v) is 7.01. The molecule has 1 aliphatic rings. The summed E-state index contributed by atoms with van der Waals surface area (Å²) in [5, 5.41) is 9.61. The van der Waals surface area contributed by atoms with Crippen LogP contribution < -0.4 is 9.47 Å². The summed E-state index contributed by atoms with van der Waals surface area (Å²) in [5.74, 6) is 0.354. The fraction of sp³-hybridized carbons (Fsp3) is 0.235. The van der Waals surface area contributed by atoms with E-state index in [9.17, 15) is 9.90 Å². The third-order valence-corrected chi connectivity index (χ3v) is 3.66. The Kier molecular flexibility index (Phi) is 3.98. The largest absolute Gasteiger partial charge is 0.480 e. The highest BCUT2D eigenvalue weighted by Crippen LogP contribution is 2.35. The van der Waals surface area contributed by atoms with Crippen LogP contribution in [-0.4, -0.2) is 29.8 Å². The predicted molar refractivity (Wildman–Crippen MR) is 80.9 cm³/mol. The monoisotopic (exact) mass is 299 g/mol. The van der Waals surface area contributed by atoms with Gasteiger partial charge in [0.15, 0.2) is 11.5 Å². The molecule has 0 aliphatic carbocycles. The Morgan fingerprint density at radius 1 is 1.18 bits per heavy atom. The van der Waals surface area contributed by atoms with Crippen molar-refractivity contribution in [3.8, 4) is 11.5 Å². The zero-order valence-corrected chi connectivity index (χ0v) is 12.2. The van der Waals surface area contributed by atoms with Crippen molar-refractivity contribution in [1.29, 1.82) is 0 Å². The maximum Gasteiger partial charge on any atom is 0.325 e. The van der Waals surface area contributed by atoms with Gasteiger partial charge in [0, 0.05) is 6.54 Å². The molecule has 0 saturated heterocycles. The molecule has 1 aliphatic heterocycles. The number of carboxylic acid groups (broad SMARTS) is 1. The van der Waals surface area contributed by atoms with Gasteiger partial charge < -0.3 is 14.6 Å². The minimum absolute atomic E-state index is 0.177. The lowest BCUT2D eigenvalue weighted by molar-refractivity contribution is -0.143.